The molecule has 0 atom stereocenters. The molecular formula is C21H21ClO3Sn. The SMILES string of the molecule is COc1cccc[c]1[Sn]([Cl])([c]1ccccc1OC)[c]1ccccc1OC. The molecule has 3 aromatic rings. The van der Waals surface area contributed by atoms with Gasteiger partial charge in [-0.1, -0.05) is 0 Å². The van der Waals surface area contributed by atoms with Gasteiger partial charge >= 0.3 is 162 Å². The van der Waals surface area contributed by atoms with Gasteiger partial charge in [0.05, 0.1) is 0 Å². The van der Waals surface area contributed by atoms with E-state index in [9.17, 15) is 0 Å². The number of hydrogen-bond acceptors (Lipinski definition) is 3. The molecule has 26 heavy (non-hydrogen) atoms. The maximum atomic E-state index is 7.64. The fourth-order valence-electron chi connectivity index (χ4n) is 3.22. The number of para-hydroxylation sites is 3. The summed E-state index contributed by atoms with van der Waals surface area (Å²) in [5, 5.41) is 0. The molecule has 0 aliphatic carbocycles. The van der Waals surface area contributed by atoms with Crippen molar-refractivity contribution in [3.05, 3.63) is 72.8 Å². The summed E-state index contributed by atoms with van der Waals surface area (Å²) in [6.07, 6.45) is 0. The van der Waals surface area contributed by atoms with Crippen molar-refractivity contribution in [3.8, 4) is 17.2 Å². The molecule has 0 bridgehead atoms. The fourth-order valence-corrected chi connectivity index (χ4v) is 16.1. The predicted octanol–water partition coefficient (Wildman–Crippen LogP) is 2.92. The maximum absolute atomic E-state index is 7.64. The summed E-state index contributed by atoms with van der Waals surface area (Å²) < 4.78 is 20.1. The van der Waals surface area contributed by atoms with E-state index in [1.165, 1.54) is 0 Å². The van der Waals surface area contributed by atoms with Gasteiger partial charge in [0.2, 0.25) is 0 Å². The third kappa shape index (κ3) is 3.26. The van der Waals surface area contributed by atoms with Gasteiger partial charge in [0.15, 0.2) is 0 Å². The Morgan fingerprint density at radius 1 is 0.538 bits per heavy atom. The second-order valence-electron chi connectivity index (χ2n) is 5.76. The van der Waals surface area contributed by atoms with E-state index in [1.807, 2.05) is 54.6 Å². The van der Waals surface area contributed by atoms with Gasteiger partial charge in [0.1, 0.15) is 0 Å². The third-order valence-corrected chi connectivity index (χ3v) is 18.4. The van der Waals surface area contributed by atoms with Gasteiger partial charge in [-0.05, 0) is 0 Å². The Bertz CT molecular complexity index is 782. The monoisotopic (exact) mass is 476 g/mol. The molecule has 0 saturated carbocycles. The van der Waals surface area contributed by atoms with Gasteiger partial charge in [0.25, 0.3) is 0 Å². The summed E-state index contributed by atoms with van der Waals surface area (Å²) >= 11 is -3.96. The second kappa shape index (κ2) is 8.23. The minimum absolute atomic E-state index is 0.787. The van der Waals surface area contributed by atoms with E-state index in [-0.39, 0.29) is 0 Å². The quantitative estimate of drug-likeness (QED) is 0.514. The first kappa shape index (κ1) is 18.9. The molecule has 0 aromatic heterocycles. The number of methoxy groups -OCH3 is 3. The van der Waals surface area contributed by atoms with E-state index in [0.717, 1.165) is 28.0 Å². The molecule has 0 spiro atoms. The van der Waals surface area contributed by atoms with Gasteiger partial charge in [-0.25, -0.2) is 0 Å². The summed E-state index contributed by atoms with van der Waals surface area (Å²) in [5.74, 6) is 2.36. The van der Waals surface area contributed by atoms with E-state index in [0.29, 0.717) is 0 Å². The molecule has 0 saturated heterocycles. The molecule has 5 heteroatoms. The molecule has 0 radical (unpaired) electrons. The normalized spacial score (nSPS) is 11.1. The Balaban J connectivity index is 2.40. The van der Waals surface area contributed by atoms with Crippen molar-refractivity contribution in [2.24, 2.45) is 0 Å². The molecule has 0 aliphatic heterocycles. The molecule has 3 rings (SSSR count). The first-order valence-electron chi connectivity index (χ1n) is 8.26. The Labute approximate surface area is 162 Å². The standard InChI is InChI=1S/3C7H7O.ClH.Sn/c3*1-8-7-5-3-2-4-6-7;;/h3*2-5H,1H3;1H;/q;;;;+1/p-1. The Morgan fingerprint density at radius 2 is 0.808 bits per heavy atom. The number of hydrogen-bond donors (Lipinski definition) is 0. The predicted molar refractivity (Wildman–Crippen MR) is 109 cm³/mol. The Kier molecular flexibility index (Phi) is 5.99. The van der Waals surface area contributed by atoms with Crippen LogP contribution in [0.5, 0.6) is 17.2 Å². The van der Waals surface area contributed by atoms with Crippen molar-refractivity contribution in [3.63, 3.8) is 0 Å². The third-order valence-electron chi connectivity index (χ3n) is 4.43. The van der Waals surface area contributed by atoms with Crippen molar-refractivity contribution in [1.29, 1.82) is 0 Å². The van der Waals surface area contributed by atoms with Crippen molar-refractivity contribution in [1.82, 2.24) is 0 Å². The van der Waals surface area contributed by atoms with Gasteiger partial charge in [-0.15, -0.1) is 0 Å². The first-order valence-corrected chi connectivity index (χ1v) is 16.2. The molecule has 3 nitrogen and oxygen atoms in total. The average Bonchev–Trinajstić information content (AvgIpc) is 2.73. The summed E-state index contributed by atoms with van der Waals surface area (Å²) in [7, 11) is 12.7. The van der Waals surface area contributed by atoms with E-state index >= 15 is 0 Å². The van der Waals surface area contributed by atoms with Crippen LogP contribution in [0.25, 0.3) is 0 Å². The van der Waals surface area contributed by atoms with Crippen LogP contribution in [0.2, 0.25) is 0 Å². The van der Waals surface area contributed by atoms with E-state index < -0.39 is 17.3 Å². The number of benzene rings is 3. The van der Waals surface area contributed by atoms with Crippen LogP contribution in [0.1, 0.15) is 0 Å². The van der Waals surface area contributed by atoms with Crippen LogP contribution in [0.4, 0.5) is 0 Å². The zero-order valence-electron chi connectivity index (χ0n) is 15.0. The molecule has 0 aliphatic rings. The van der Waals surface area contributed by atoms with Gasteiger partial charge in [-0.2, -0.15) is 0 Å². The zero-order chi connectivity index (χ0) is 18.6. The van der Waals surface area contributed by atoms with Crippen molar-refractivity contribution in [2.45, 2.75) is 0 Å². The Morgan fingerprint density at radius 3 is 1.08 bits per heavy atom. The number of rotatable bonds is 6. The molecule has 0 N–H and O–H groups in total. The van der Waals surface area contributed by atoms with Crippen LogP contribution in [0, 0.1) is 0 Å². The molecule has 0 fully saturated rings. The zero-order valence-corrected chi connectivity index (χ0v) is 18.6. The number of ether oxygens (including phenoxy) is 3. The van der Waals surface area contributed by atoms with Crippen molar-refractivity contribution >= 4 is 36.9 Å². The second-order valence-corrected chi connectivity index (χ2v) is 17.9. The molecule has 0 amide bonds. The molecule has 3 aromatic carbocycles. The van der Waals surface area contributed by atoms with Crippen LogP contribution >= 0.6 is 8.92 Å². The van der Waals surface area contributed by atoms with Crippen LogP contribution in [0.15, 0.2) is 72.8 Å². The fraction of sp³-hybridized carbons (Fsp3) is 0.143. The van der Waals surface area contributed by atoms with Gasteiger partial charge in [0, 0.05) is 0 Å². The van der Waals surface area contributed by atoms with Crippen molar-refractivity contribution < 1.29 is 14.2 Å². The van der Waals surface area contributed by atoms with Gasteiger partial charge in [-0.3, -0.25) is 0 Å². The summed E-state index contributed by atoms with van der Waals surface area (Å²) in [6, 6.07) is 23.9. The van der Waals surface area contributed by atoms with E-state index in [1.54, 1.807) is 21.3 Å². The Hall–Kier alpha value is -1.85. The first-order chi connectivity index (χ1) is 12.7. The average molecular weight is 476 g/mol. The van der Waals surface area contributed by atoms with Crippen LogP contribution in [-0.4, -0.2) is 38.6 Å². The number of halogens is 1. The molecular weight excluding hydrogens is 454 g/mol. The van der Waals surface area contributed by atoms with E-state index in [2.05, 4.69) is 18.2 Å². The molecule has 134 valence electrons. The summed E-state index contributed by atoms with van der Waals surface area (Å²) in [5.41, 5.74) is 0. The summed E-state index contributed by atoms with van der Waals surface area (Å²) in [6.45, 7) is 0. The van der Waals surface area contributed by atoms with Gasteiger partial charge < -0.3 is 0 Å². The van der Waals surface area contributed by atoms with Crippen LogP contribution in [0.3, 0.4) is 0 Å². The van der Waals surface area contributed by atoms with Crippen LogP contribution in [-0.2, 0) is 0 Å². The van der Waals surface area contributed by atoms with E-state index in [4.69, 9.17) is 23.1 Å². The molecule has 0 unspecified atom stereocenters. The minimum atomic E-state index is -3.96. The molecule has 0 heterocycles. The summed E-state index contributed by atoms with van der Waals surface area (Å²) in [4.78, 5) is 0. The van der Waals surface area contributed by atoms with Crippen molar-refractivity contribution in [2.75, 3.05) is 21.3 Å². The van der Waals surface area contributed by atoms with Crippen LogP contribution < -0.4 is 24.9 Å². The topological polar surface area (TPSA) is 27.7 Å².